The van der Waals surface area contributed by atoms with Gasteiger partial charge in [-0.15, -0.1) is 11.3 Å². The normalized spacial score (nSPS) is 20.3. The van der Waals surface area contributed by atoms with Crippen LogP contribution in [0, 0.1) is 5.92 Å². The molecular formula is C19H21N3O2S. The Labute approximate surface area is 151 Å². The summed E-state index contributed by atoms with van der Waals surface area (Å²) in [5, 5.41) is 5.73. The van der Waals surface area contributed by atoms with Gasteiger partial charge < -0.3 is 10.2 Å². The number of hydrogen-bond acceptors (Lipinski definition) is 4. The minimum atomic E-state index is -0.0921. The minimum absolute atomic E-state index is 0.0673. The first-order valence-electron chi connectivity index (χ1n) is 8.81. The molecule has 2 amide bonds. The fourth-order valence-corrected chi connectivity index (χ4v) is 3.97. The zero-order chi connectivity index (χ0) is 17.2. The molecule has 6 heteroatoms. The molecule has 1 N–H and O–H groups in total. The van der Waals surface area contributed by atoms with Gasteiger partial charge in [0.2, 0.25) is 5.91 Å². The van der Waals surface area contributed by atoms with Gasteiger partial charge in [-0.2, -0.15) is 0 Å². The van der Waals surface area contributed by atoms with Gasteiger partial charge in [0.15, 0.2) is 0 Å². The summed E-state index contributed by atoms with van der Waals surface area (Å²) in [6, 6.07) is 10.2. The molecule has 130 valence electrons. The van der Waals surface area contributed by atoms with Crippen molar-refractivity contribution in [3.63, 3.8) is 0 Å². The van der Waals surface area contributed by atoms with Crippen molar-refractivity contribution >= 4 is 23.2 Å². The summed E-state index contributed by atoms with van der Waals surface area (Å²) in [6.07, 6.45) is 3.89. The van der Waals surface area contributed by atoms with Crippen molar-refractivity contribution in [1.29, 1.82) is 0 Å². The largest absolute Gasteiger partial charge is 0.353 e. The second-order valence-electron chi connectivity index (χ2n) is 6.78. The number of carbonyl (C=O) groups is 2. The SMILES string of the molecule is O=C(NC1CC1)C1CCCN(C(=O)c2csc(-c3ccccc3)n2)C1. The lowest BCUT2D eigenvalue weighted by molar-refractivity contribution is -0.126. The predicted molar refractivity (Wildman–Crippen MR) is 97.3 cm³/mol. The lowest BCUT2D eigenvalue weighted by Crippen LogP contribution is -2.46. The molecule has 0 spiro atoms. The van der Waals surface area contributed by atoms with Crippen LogP contribution in [-0.4, -0.2) is 40.8 Å². The lowest BCUT2D eigenvalue weighted by Gasteiger charge is -2.31. The van der Waals surface area contributed by atoms with Crippen LogP contribution in [0.15, 0.2) is 35.7 Å². The van der Waals surface area contributed by atoms with Crippen molar-refractivity contribution in [2.24, 2.45) is 5.92 Å². The average Bonchev–Trinajstić information content (AvgIpc) is 3.34. The molecule has 2 aromatic rings. The Morgan fingerprint density at radius 1 is 1.16 bits per heavy atom. The number of thiazole rings is 1. The third-order valence-corrected chi connectivity index (χ3v) is 5.64. The van der Waals surface area contributed by atoms with E-state index in [1.165, 1.54) is 11.3 Å². The Morgan fingerprint density at radius 3 is 2.72 bits per heavy atom. The number of nitrogens with zero attached hydrogens (tertiary/aromatic N) is 2. The van der Waals surface area contributed by atoms with Gasteiger partial charge in [0.25, 0.3) is 5.91 Å². The summed E-state index contributed by atoms with van der Waals surface area (Å²) in [7, 11) is 0. The van der Waals surface area contributed by atoms with Crippen LogP contribution >= 0.6 is 11.3 Å². The molecule has 1 aliphatic heterocycles. The number of amides is 2. The number of carbonyl (C=O) groups excluding carboxylic acids is 2. The molecule has 1 saturated heterocycles. The third-order valence-electron chi connectivity index (χ3n) is 4.75. The molecule has 5 nitrogen and oxygen atoms in total. The van der Waals surface area contributed by atoms with E-state index in [9.17, 15) is 9.59 Å². The molecule has 1 atom stereocenters. The van der Waals surface area contributed by atoms with Crippen molar-refractivity contribution in [3.8, 4) is 10.6 Å². The van der Waals surface area contributed by atoms with Crippen LogP contribution in [0.5, 0.6) is 0 Å². The predicted octanol–water partition coefficient (Wildman–Crippen LogP) is 2.94. The molecule has 2 heterocycles. The number of likely N-dealkylation sites (tertiary alicyclic amines) is 1. The molecule has 0 radical (unpaired) electrons. The summed E-state index contributed by atoms with van der Waals surface area (Å²) in [5.41, 5.74) is 1.50. The molecule has 25 heavy (non-hydrogen) atoms. The van der Waals surface area contributed by atoms with Gasteiger partial charge in [0.05, 0.1) is 5.92 Å². The molecule has 1 aliphatic carbocycles. The van der Waals surface area contributed by atoms with E-state index in [2.05, 4.69) is 10.3 Å². The zero-order valence-electron chi connectivity index (χ0n) is 14.0. The van der Waals surface area contributed by atoms with Gasteiger partial charge in [0, 0.05) is 30.1 Å². The van der Waals surface area contributed by atoms with Crippen LogP contribution in [0.2, 0.25) is 0 Å². The van der Waals surface area contributed by atoms with Crippen molar-refractivity contribution in [2.75, 3.05) is 13.1 Å². The standard InChI is InChI=1S/C19H21N3O2S/c23-17(20-15-8-9-15)14-7-4-10-22(11-14)19(24)16-12-25-18(21-16)13-5-2-1-3-6-13/h1-3,5-6,12,14-15H,4,7-11H2,(H,20,23). The number of aromatic nitrogens is 1. The molecule has 1 unspecified atom stereocenters. The highest BCUT2D eigenvalue weighted by molar-refractivity contribution is 7.13. The van der Waals surface area contributed by atoms with Crippen LogP contribution < -0.4 is 5.32 Å². The van der Waals surface area contributed by atoms with Crippen LogP contribution in [0.3, 0.4) is 0 Å². The Kier molecular flexibility index (Phi) is 4.53. The Balaban J connectivity index is 1.43. The maximum absolute atomic E-state index is 12.8. The number of piperidine rings is 1. The summed E-state index contributed by atoms with van der Waals surface area (Å²) in [5.74, 6) is -0.0591. The van der Waals surface area contributed by atoms with Crippen molar-refractivity contribution in [3.05, 3.63) is 41.4 Å². The van der Waals surface area contributed by atoms with Crippen molar-refractivity contribution in [1.82, 2.24) is 15.2 Å². The third kappa shape index (κ3) is 3.74. The van der Waals surface area contributed by atoms with Crippen LogP contribution in [-0.2, 0) is 4.79 Å². The minimum Gasteiger partial charge on any atom is -0.353 e. The highest BCUT2D eigenvalue weighted by atomic mass is 32.1. The Bertz CT molecular complexity index is 770. The van der Waals surface area contributed by atoms with Gasteiger partial charge in [-0.1, -0.05) is 30.3 Å². The number of rotatable bonds is 4. The first-order chi connectivity index (χ1) is 12.2. The molecule has 2 aliphatic rings. The van der Waals surface area contributed by atoms with Gasteiger partial charge >= 0.3 is 0 Å². The smallest absolute Gasteiger partial charge is 0.273 e. The fourth-order valence-electron chi connectivity index (χ4n) is 3.17. The topological polar surface area (TPSA) is 62.3 Å². The molecule has 1 aromatic carbocycles. The van der Waals surface area contributed by atoms with Gasteiger partial charge in [-0.3, -0.25) is 9.59 Å². The van der Waals surface area contributed by atoms with E-state index < -0.39 is 0 Å². The summed E-state index contributed by atoms with van der Waals surface area (Å²) >= 11 is 1.48. The summed E-state index contributed by atoms with van der Waals surface area (Å²) in [6.45, 7) is 1.19. The van der Waals surface area contributed by atoms with Crippen LogP contribution in [0.4, 0.5) is 0 Å². The second-order valence-corrected chi connectivity index (χ2v) is 7.64. The number of hydrogen-bond donors (Lipinski definition) is 1. The van der Waals surface area contributed by atoms with E-state index in [4.69, 9.17) is 0 Å². The maximum Gasteiger partial charge on any atom is 0.273 e. The van der Waals surface area contributed by atoms with E-state index in [-0.39, 0.29) is 17.7 Å². The van der Waals surface area contributed by atoms with E-state index in [1.54, 1.807) is 4.90 Å². The molecule has 1 aromatic heterocycles. The first-order valence-corrected chi connectivity index (χ1v) is 9.69. The number of nitrogens with one attached hydrogen (secondary N) is 1. The van der Waals surface area contributed by atoms with Gasteiger partial charge in [-0.25, -0.2) is 4.98 Å². The maximum atomic E-state index is 12.8. The number of benzene rings is 1. The molecular weight excluding hydrogens is 334 g/mol. The molecule has 2 fully saturated rings. The van der Waals surface area contributed by atoms with E-state index in [1.807, 2.05) is 35.7 Å². The molecule has 1 saturated carbocycles. The van der Waals surface area contributed by atoms with E-state index in [0.29, 0.717) is 24.8 Å². The summed E-state index contributed by atoms with van der Waals surface area (Å²) < 4.78 is 0. The second kappa shape index (κ2) is 6.96. The molecule has 0 bridgehead atoms. The average molecular weight is 355 g/mol. The van der Waals surface area contributed by atoms with Crippen molar-refractivity contribution in [2.45, 2.75) is 31.7 Å². The quantitative estimate of drug-likeness (QED) is 0.917. The van der Waals surface area contributed by atoms with E-state index >= 15 is 0 Å². The summed E-state index contributed by atoms with van der Waals surface area (Å²) in [4.78, 5) is 31.4. The van der Waals surface area contributed by atoms with Gasteiger partial charge in [-0.05, 0) is 25.7 Å². The molecule has 4 rings (SSSR count). The highest BCUT2D eigenvalue weighted by Crippen LogP contribution is 2.26. The monoisotopic (exact) mass is 355 g/mol. The zero-order valence-corrected chi connectivity index (χ0v) is 14.8. The Morgan fingerprint density at radius 2 is 1.96 bits per heavy atom. The lowest BCUT2D eigenvalue weighted by atomic mass is 9.97. The first kappa shape index (κ1) is 16.3. The van der Waals surface area contributed by atoms with Crippen LogP contribution in [0.1, 0.15) is 36.2 Å². The Hall–Kier alpha value is -2.21. The fraction of sp³-hybridized carbons (Fsp3) is 0.421. The van der Waals surface area contributed by atoms with Crippen molar-refractivity contribution < 1.29 is 9.59 Å². The highest BCUT2D eigenvalue weighted by Gasteiger charge is 2.32. The van der Waals surface area contributed by atoms with E-state index in [0.717, 1.165) is 36.3 Å². The van der Waals surface area contributed by atoms with Gasteiger partial charge in [0.1, 0.15) is 10.7 Å². The van der Waals surface area contributed by atoms with Crippen LogP contribution in [0.25, 0.3) is 10.6 Å².